The number of hydrogen-bond acceptors (Lipinski definition) is 2. The maximum absolute atomic E-state index is 13.2. The van der Waals surface area contributed by atoms with Crippen molar-refractivity contribution in [1.82, 2.24) is 5.32 Å². The summed E-state index contributed by atoms with van der Waals surface area (Å²) >= 11 is 0. The third-order valence-electron chi connectivity index (χ3n) is 3.21. The first kappa shape index (κ1) is 15.4. The van der Waals surface area contributed by atoms with E-state index in [0.29, 0.717) is 18.7 Å². The fraction of sp³-hybridized carbons (Fsp3) is 0.294. The highest BCUT2D eigenvalue weighted by atomic mass is 19.1. The van der Waals surface area contributed by atoms with Crippen molar-refractivity contribution in [3.8, 4) is 5.75 Å². The van der Waals surface area contributed by atoms with Gasteiger partial charge in [-0.2, -0.15) is 0 Å². The number of nitrogens with one attached hydrogen (secondary N) is 1. The summed E-state index contributed by atoms with van der Waals surface area (Å²) in [5, 5.41) is 3.25. The normalized spacial score (nSPS) is 12.2. The number of rotatable bonds is 6. The summed E-state index contributed by atoms with van der Waals surface area (Å²) in [6.45, 7) is 5.03. The molecule has 2 nitrogen and oxygen atoms in total. The first-order chi connectivity index (χ1) is 10.1. The predicted octanol–water partition coefficient (Wildman–Crippen LogP) is 4.21. The maximum Gasteiger partial charge on any atom is 0.126 e. The summed E-state index contributed by atoms with van der Waals surface area (Å²) in [6, 6.07) is 11.2. The molecule has 2 rings (SSSR count). The van der Waals surface area contributed by atoms with Crippen molar-refractivity contribution in [1.29, 1.82) is 0 Å². The first-order valence-electron chi connectivity index (χ1n) is 6.99. The van der Waals surface area contributed by atoms with Gasteiger partial charge in [0.05, 0.1) is 6.61 Å². The van der Waals surface area contributed by atoms with Crippen molar-refractivity contribution >= 4 is 0 Å². The molecule has 1 unspecified atom stereocenters. The Labute approximate surface area is 123 Å². The molecule has 0 radical (unpaired) electrons. The van der Waals surface area contributed by atoms with Gasteiger partial charge in [-0.1, -0.05) is 12.1 Å². The second kappa shape index (κ2) is 7.18. The van der Waals surface area contributed by atoms with Gasteiger partial charge in [0.15, 0.2) is 0 Å². The van der Waals surface area contributed by atoms with Crippen LogP contribution in [0.3, 0.4) is 0 Å². The Kier molecular flexibility index (Phi) is 5.28. The standard InChI is InChI=1S/C17H19F2NO/c1-3-21-17-6-4-5-13(7-17)11-20-12(2)14-8-15(18)10-16(19)9-14/h4-10,12,20H,3,11H2,1-2H3. The van der Waals surface area contributed by atoms with Gasteiger partial charge >= 0.3 is 0 Å². The van der Waals surface area contributed by atoms with Gasteiger partial charge in [-0.15, -0.1) is 0 Å². The molecule has 0 aliphatic rings. The van der Waals surface area contributed by atoms with E-state index in [9.17, 15) is 8.78 Å². The predicted molar refractivity (Wildman–Crippen MR) is 79.2 cm³/mol. The second-order valence-electron chi connectivity index (χ2n) is 4.89. The van der Waals surface area contributed by atoms with Crippen LogP contribution < -0.4 is 10.1 Å². The van der Waals surface area contributed by atoms with E-state index in [-0.39, 0.29) is 6.04 Å². The van der Waals surface area contributed by atoms with Crippen molar-refractivity contribution in [3.63, 3.8) is 0 Å². The van der Waals surface area contributed by atoms with Gasteiger partial charge in [0.25, 0.3) is 0 Å². The Balaban J connectivity index is 2.00. The van der Waals surface area contributed by atoms with Crippen LogP contribution in [0.25, 0.3) is 0 Å². The van der Waals surface area contributed by atoms with Gasteiger partial charge in [-0.25, -0.2) is 8.78 Å². The van der Waals surface area contributed by atoms with Crippen molar-refractivity contribution in [2.45, 2.75) is 26.4 Å². The van der Waals surface area contributed by atoms with E-state index in [0.717, 1.165) is 17.4 Å². The SMILES string of the molecule is CCOc1cccc(CNC(C)c2cc(F)cc(F)c2)c1. The Morgan fingerprint density at radius 1 is 1.10 bits per heavy atom. The van der Waals surface area contributed by atoms with Crippen LogP contribution in [0.1, 0.15) is 31.0 Å². The molecule has 21 heavy (non-hydrogen) atoms. The van der Waals surface area contributed by atoms with E-state index in [1.54, 1.807) is 0 Å². The summed E-state index contributed by atoms with van der Waals surface area (Å²) < 4.78 is 31.9. The van der Waals surface area contributed by atoms with E-state index in [1.807, 2.05) is 38.1 Å². The van der Waals surface area contributed by atoms with Gasteiger partial charge < -0.3 is 10.1 Å². The fourth-order valence-corrected chi connectivity index (χ4v) is 2.13. The first-order valence-corrected chi connectivity index (χ1v) is 6.99. The lowest BCUT2D eigenvalue weighted by Gasteiger charge is -2.15. The molecular formula is C17H19F2NO. The highest BCUT2D eigenvalue weighted by molar-refractivity contribution is 5.29. The highest BCUT2D eigenvalue weighted by Gasteiger charge is 2.08. The molecule has 2 aromatic rings. The van der Waals surface area contributed by atoms with Crippen LogP contribution in [0.5, 0.6) is 5.75 Å². The number of halogens is 2. The lowest BCUT2D eigenvalue weighted by molar-refractivity contribution is 0.339. The van der Waals surface area contributed by atoms with Crippen molar-refractivity contribution in [2.75, 3.05) is 6.61 Å². The van der Waals surface area contributed by atoms with Crippen LogP contribution in [-0.2, 0) is 6.54 Å². The maximum atomic E-state index is 13.2. The Hall–Kier alpha value is -1.94. The van der Waals surface area contributed by atoms with E-state index < -0.39 is 11.6 Å². The molecule has 1 N–H and O–H groups in total. The average molecular weight is 291 g/mol. The second-order valence-corrected chi connectivity index (χ2v) is 4.89. The quantitative estimate of drug-likeness (QED) is 0.860. The topological polar surface area (TPSA) is 21.3 Å². The zero-order chi connectivity index (χ0) is 15.2. The summed E-state index contributed by atoms with van der Waals surface area (Å²) in [7, 11) is 0. The lowest BCUT2D eigenvalue weighted by Crippen LogP contribution is -2.18. The van der Waals surface area contributed by atoms with E-state index in [4.69, 9.17) is 4.74 Å². The van der Waals surface area contributed by atoms with Gasteiger partial charge in [0.1, 0.15) is 17.4 Å². The molecule has 0 bridgehead atoms. The number of ether oxygens (including phenoxy) is 1. The van der Waals surface area contributed by atoms with Crippen LogP contribution in [0.2, 0.25) is 0 Å². The number of benzene rings is 2. The minimum Gasteiger partial charge on any atom is -0.494 e. The summed E-state index contributed by atoms with van der Waals surface area (Å²) in [5.41, 5.74) is 1.65. The van der Waals surface area contributed by atoms with Gasteiger partial charge in [0, 0.05) is 18.7 Å². The minimum atomic E-state index is -0.558. The van der Waals surface area contributed by atoms with Crippen molar-refractivity contribution in [2.24, 2.45) is 0 Å². The molecule has 0 spiro atoms. The summed E-state index contributed by atoms with van der Waals surface area (Å²) in [5.74, 6) is -0.296. The number of hydrogen-bond donors (Lipinski definition) is 1. The molecular weight excluding hydrogens is 272 g/mol. The zero-order valence-electron chi connectivity index (χ0n) is 12.2. The molecule has 0 saturated carbocycles. The molecule has 0 heterocycles. The molecule has 2 aromatic carbocycles. The molecule has 4 heteroatoms. The third-order valence-corrected chi connectivity index (χ3v) is 3.21. The molecule has 0 saturated heterocycles. The van der Waals surface area contributed by atoms with Gasteiger partial charge in [-0.05, 0) is 49.2 Å². The smallest absolute Gasteiger partial charge is 0.126 e. The van der Waals surface area contributed by atoms with Crippen LogP contribution in [0.4, 0.5) is 8.78 Å². The fourth-order valence-electron chi connectivity index (χ4n) is 2.13. The van der Waals surface area contributed by atoms with Crippen LogP contribution in [-0.4, -0.2) is 6.61 Å². The Morgan fingerprint density at radius 3 is 2.48 bits per heavy atom. The molecule has 112 valence electrons. The van der Waals surface area contributed by atoms with Gasteiger partial charge in [0.2, 0.25) is 0 Å². The van der Waals surface area contributed by atoms with E-state index in [1.165, 1.54) is 12.1 Å². The Morgan fingerprint density at radius 2 is 1.81 bits per heavy atom. The zero-order valence-corrected chi connectivity index (χ0v) is 12.2. The molecule has 0 aliphatic carbocycles. The van der Waals surface area contributed by atoms with Crippen LogP contribution in [0.15, 0.2) is 42.5 Å². The third kappa shape index (κ3) is 4.53. The molecule has 0 fully saturated rings. The van der Waals surface area contributed by atoms with Crippen LogP contribution in [0, 0.1) is 11.6 Å². The summed E-state index contributed by atoms with van der Waals surface area (Å²) in [4.78, 5) is 0. The monoisotopic (exact) mass is 291 g/mol. The van der Waals surface area contributed by atoms with Crippen molar-refractivity contribution in [3.05, 3.63) is 65.2 Å². The summed E-state index contributed by atoms with van der Waals surface area (Å²) in [6.07, 6.45) is 0. The molecule has 0 aromatic heterocycles. The minimum absolute atomic E-state index is 0.147. The molecule has 0 aliphatic heterocycles. The Bertz CT molecular complexity index is 581. The van der Waals surface area contributed by atoms with Gasteiger partial charge in [-0.3, -0.25) is 0 Å². The van der Waals surface area contributed by atoms with Crippen molar-refractivity contribution < 1.29 is 13.5 Å². The van der Waals surface area contributed by atoms with E-state index in [2.05, 4.69) is 5.32 Å². The average Bonchev–Trinajstić information content (AvgIpc) is 2.44. The van der Waals surface area contributed by atoms with Crippen LogP contribution >= 0.6 is 0 Å². The van der Waals surface area contributed by atoms with E-state index >= 15 is 0 Å². The molecule has 1 atom stereocenters. The highest BCUT2D eigenvalue weighted by Crippen LogP contribution is 2.18. The lowest BCUT2D eigenvalue weighted by atomic mass is 10.1. The largest absolute Gasteiger partial charge is 0.494 e. The molecule has 0 amide bonds.